The summed E-state index contributed by atoms with van der Waals surface area (Å²) in [6.45, 7) is 8.57. The fourth-order valence-electron chi connectivity index (χ4n) is 3.38. The van der Waals surface area contributed by atoms with E-state index in [-0.39, 0.29) is 0 Å². The van der Waals surface area contributed by atoms with Gasteiger partial charge in [-0.15, -0.1) is 0 Å². The number of hydrogen-bond acceptors (Lipinski definition) is 4. The van der Waals surface area contributed by atoms with Crippen molar-refractivity contribution in [3.8, 4) is 0 Å². The van der Waals surface area contributed by atoms with E-state index in [9.17, 15) is 0 Å². The fourth-order valence-corrected chi connectivity index (χ4v) is 3.38. The Morgan fingerprint density at radius 2 is 1.67 bits per heavy atom. The molecule has 0 unspecified atom stereocenters. The van der Waals surface area contributed by atoms with Crippen molar-refractivity contribution in [2.45, 2.75) is 52.9 Å². The number of anilines is 3. The zero-order chi connectivity index (χ0) is 16.9. The molecule has 0 aliphatic carbocycles. The second-order valence-corrected chi connectivity index (χ2v) is 6.53. The van der Waals surface area contributed by atoms with E-state index in [2.05, 4.69) is 47.2 Å². The Kier molecular flexibility index (Phi) is 5.34. The van der Waals surface area contributed by atoms with Crippen LogP contribution in [0.1, 0.15) is 49.9 Å². The molecule has 1 aromatic heterocycles. The molecule has 128 valence electrons. The summed E-state index contributed by atoms with van der Waals surface area (Å²) in [5.74, 6) is 1.77. The standard InChI is InChI=1S/C20H28N4/c1-4-16-10-9-11-17(5-2)19(16)22-18-14-15(3)21-20(23-18)24-12-7-6-8-13-24/h9-11,14H,4-8,12-13H2,1-3H3,(H,21,22,23). The minimum Gasteiger partial charge on any atom is -0.341 e. The maximum Gasteiger partial charge on any atom is 0.227 e. The lowest BCUT2D eigenvalue weighted by Crippen LogP contribution is -2.31. The number of para-hydroxylation sites is 1. The lowest BCUT2D eigenvalue weighted by atomic mass is 10.0. The number of rotatable bonds is 5. The summed E-state index contributed by atoms with van der Waals surface area (Å²) in [4.78, 5) is 11.8. The molecule has 1 aliphatic heterocycles. The average Bonchev–Trinajstić information content (AvgIpc) is 2.62. The van der Waals surface area contributed by atoms with Gasteiger partial charge >= 0.3 is 0 Å². The summed E-state index contributed by atoms with van der Waals surface area (Å²) in [6.07, 6.45) is 5.81. The zero-order valence-electron chi connectivity index (χ0n) is 15.1. The Labute approximate surface area is 145 Å². The third-order valence-electron chi connectivity index (χ3n) is 4.73. The molecular weight excluding hydrogens is 296 g/mol. The minimum atomic E-state index is 0.865. The third kappa shape index (κ3) is 3.69. The van der Waals surface area contributed by atoms with Crippen LogP contribution in [-0.4, -0.2) is 23.1 Å². The van der Waals surface area contributed by atoms with E-state index in [1.165, 1.54) is 36.1 Å². The average molecular weight is 324 g/mol. The van der Waals surface area contributed by atoms with Gasteiger partial charge < -0.3 is 10.2 Å². The van der Waals surface area contributed by atoms with Crippen molar-refractivity contribution in [2.24, 2.45) is 0 Å². The van der Waals surface area contributed by atoms with E-state index in [1.54, 1.807) is 0 Å². The Morgan fingerprint density at radius 3 is 2.29 bits per heavy atom. The predicted molar refractivity (Wildman–Crippen MR) is 101 cm³/mol. The van der Waals surface area contributed by atoms with E-state index >= 15 is 0 Å². The monoisotopic (exact) mass is 324 g/mol. The van der Waals surface area contributed by atoms with Crippen molar-refractivity contribution in [3.63, 3.8) is 0 Å². The molecule has 2 aromatic rings. The number of nitrogens with one attached hydrogen (secondary N) is 1. The van der Waals surface area contributed by atoms with Crippen LogP contribution in [0.15, 0.2) is 24.3 Å². The largest absolute Gasteiger partial charge is 0.341 e. The van der Waals surface area contributed by atoms with E-state index < -0.39 is 0 Å². The highest BCUT2D eigenvalue weighted by Gasteiger charge is 2.15. The molecule has 0 radical (unpaired) electrons. The number of hydrogen-bond donors (Lipinski definition) is 1. The van der Waals surface area contributed by atoms with Gasteiger partial charge in [0.25, 0.3) is 0 Å². The molecule has 0 spiro atoms. The van der Waals surface area contributed by atoms with Crippen molar-refractivity contribution in [3.05, 3.63) is 41.1 Å². The van der Waals surface area contributed by atoms with Crippen LogP contribution in [0.2, 0.25) is 0 Å². The quantitative estimate of drug-likeness (QED) is 0.869. The Hall–Kier alpha value is -2.10. The number of piperidine rings is 1. The van der Waals surface area contributed by atoms with Gasteiger partial charge in [-0.2, -0.15) is 4.98 Å². The lowest BCUT2D eigenvalue weighted by Gasteiger charge is -2.27. The Balaban J connectivity index is 1.92. The van der Waals surface area contributed by atoms with Gasteiger partial charge in [0, 0.05) is 30.5 Å². The van der Waals surface area contributed by atoms with Gasteiger partial charge in [-0.1, -0.05) is 32.0 Å². The van der Waals surface area contributed by atoms with Crippen molar-refractivity contribution in [1.82, 2.24) is 9.97 Å². The van der Waals surface area contributed by atoms with Gasteiger partial charge in [0.1, 0.15) is 5.82 Å². The summed E-state index contributed by atoms with van der Waals surface area (Å²) in [5.41, 5.74) is 4.90. The minimum absolute atomic E-state index is 0.865. The Bertz CT molecular complexity index is 668. The van der Waals surface area contributed by atoms with Gasteiger partial charge in [0.05, 0.1) is 0 Å². The van der Waals surface area contributed by atoms with Crippen molar-refractivity contribution in [2.75, 3.05) is 23.3 Å². The number of benzene rings is 1. The van der Waals surface area contributed by atoms with Crippen molar-refractivity contribution in [1.29, 1.82) is 0 Å². The van der Waals surface area contributed by atoms with E-state index in [1.807, 2.05) is 13.0 Å². The number of aryl methyl sites for hydroxylation is 3. The van der Waals surface area contributed by atoms with Crippen LogP contribution in [0.5, 0.6) is 0 Å². The smallest absolute Gasteiger partial charge is 0.227 e. The summed E-state index contributed by atoms with van der Waals surface area (Å²) >= 11 is 0. The highest BCUT2D eigenvalue weighted by Crippen LogP contribution is 2.27. The molecule has 0 saturated carbocycles. The first-order chi connectivity index (χ1) is 11.7. The molecule has 0 amide bonds. The maximum atomic E-state index is 4.81. The molecule has 4 nitrogen and oxygen atoms in total. The van der Waals surface area contributed by atoms with Crippen LogP contribution in [-0.2, 0) is 12.8 Å². The molecule has 24 heavy (non-hydrogen) atoms. The number of nitrogens with zero attached hydrogens (tertiary/aromatic N) is 3. The third-order valence-corrected chi connectivity index (χ3v) is 4.73. The highest BCUT2D eigenvalue weighted by molar-refractivity contribution is 5.66. The highest BCUT2D eigenvalue weighted by atomic mass is 15.3. The van der Waals surface area contributed by atoms with Crippen LogP contribution >= 0.6 is 0 Å². The molecule has 1 fully saturated rings. The van der Waals surface area contributed by atoms with Gasteiger partial charge in [-0.25, -0.2) is 4.98 Å². The molecule has 0 atom stereocenters. The van der Waals surface area contributed by atoms with Crippen LogP contribution in [0.4, 0.5) is 17.5 Å². The van der Waals surface area contributed by atoms with Crippen LogP contribution in [0.25, 0.3) is 0 Å². The Morgan fingerprint density at radius 1 is 1.00 bits per heavy atom. The van der Waals surface area contributed by atoms with Crippen molar-refractivity contribution >= 4 is 17.5 Å². The molecule has 3 rings (SSSR count). The van der Waals surface area contributed by atoms with Gasteiger partial charge in [0.15, 0.2) is 0 Å². The zero-order valence-corrected chi connectivity index (χ0v) is 15.1. The summed E-state index contributed by atoms with van der Waals surface area (Å²) < 4.78 is 0. The molecule has 1 aliphatic rings. The SMILES string of the molecule is CCc1cccc(CC)c1Nc1cc(C)nc(N2CCCCC2)n1. The van der Waals surface area contributed by atoms with Gasteiger partial charge in [-0.05, 0) is 50.2 Å². The molecule has 2 heterocycles. The lowest BCUT2D eigenvalue weighted by molar-refractivity contribution is 0.568. The first-order valence-corrected chi connectivity index (χ1v) is 9.19. The van der Waals surface area contributed by atoms with E-state index in [4.69, 9.17) is 4.98 Å². The summed E-state index contributed by atoms with van der Waals surface area (Å²) in [5, 5.41) is 3.59. The normalized spacial score (nSPS) is 14.7. The number of aromatic nitrogens is 2. The summed E-state index contributed by atoms with van der Waals surface area (Å²) in [6, 6.07) is 8.58. The van der Waals surface area contributed by atoms with Crippen molar-refractivity contribution < 1.29 is 0 Å². The molecule has 1 saturated heterocycles. The van der Waals surface area contributed by atoms with E-state index in [0.29, 0.717) is 0 Å². The second kappa shape index (κ2) is 7.65. The van der Waals surface area contributed by atoms with Crippen LogP contribution < -0.4 is 10.2 Å². The molecule has 1 N–H and O–H groups in total. The first kappa shape index (κ1) is 16.7. The van der Waals surface area contributed by atoms with Crippen LogP contribution in [0.3, 0.4) is 0 Å². The molecule has 1 aromatic carbocycles. The van der Waals surface area contributed by atoms with Gasteiger partial charge in [-0.3, -0.25) is 0 Å². The second-order valence-electron chi connectivity index (χ2n) is 6.53. The van der Waals surface area contributed by atoms with E-state index in [0.717, 1.165) is 43.4 Å². The topological polar surface area (TPSA) is 41.1 Å². The van der Waals surface area contributed by atoms with Crippen LogP contribution in [0, 0.1) is 6.92 Å². The predicted octanol–water partition coefficient (Wildman–Crippen LogP) is 4.64. The molecule has 4 heteroatoms. The van der Waals surface area contributed by atoms with Gasteiger partial charge in [0.2, 0.25) is 5.95 Å². The molecule has 0 bridgehead atoms. The summed E-state index contributed by atoms with van der Waals surface area (Å²) in [7, 11) is 0. The maximum absolute atomic E-state index is 4.81. The fraction of sp³-hybridized carbons (Fsp3) is 0.500. The molecular formula is C20H28N4. The first-order valence-electron chi connectivity index (χ1n) is 9.19.